The normalized spacial score (nSPS) is 19.6. The summed E-state index contributed by atoms with van der Waals surface area (Å²) in [5, 5.41) is 13.4. The zero-order valence-corrected chi connectivity index (χ0v) is 9.60. The van der Waals surface area contributed by atoms with Crippen LogP contribution in [-0.2, 0) is 0 Å². The number of pyridine rings is 1. The van der Waals surface area contributed by atoms with E-state index in [1.54, 1.807) is 12.4 Å². The van der Waals surface area contributed by atoms with E-state index < -0.39 is 6.10 Å². The molecule has 1 fully saturated rings. The van der Waals surface area contributed by atoms with Crippen LogP contribution in [0.5, 0.6) is 0 Å². The largest absolute Gasteiger partial charge is 0.387 e. The van der Waals surface area contributed by atoms with Crippen molar-refractivity contribution in [3.63, 3.8) is 0 Å². The molecule has 2 N–H and O–H groups in total. The smallest absolute Gasteiger partial charge is 0.0929 e. The van der Waals surface area contributed by atoms with Gasteiger partial charge in [-0.2, -0.15) is 0 Å². The van der Waals surface area contributed by atoms with Gasteiger partial charge in [0.25, 0.3) is 0 Å². The highest BCUT2D eigenvalue weighted by atomic mass is 16.3. The van der Waals surface area contributed by atoms with Gasteiger partial charge in [-0.1, -0.05) is 25.3 Å². The summed E-state index contributed by atoms with van der Waals surface area (Å²) < 4.78 is 0. The molecule has 0 radical (unpaired) electrons. The summed E-state index contributed by atoms with van der Waals surface area (Å²) >= 11 is 0. The maximum Gasteiger partial charge on any atom is 0.0929 e. The van der Waals surface area contributed by atoms with Crippen molar-refractivity contribution in [2.24, 2.45) is 0 Å². The monoisotopic (exact) mass is 220 g/mol. The SMILES string of the molecule is OC(CNC1CCCCC1)c1cccnc1. The van der Waals surface area contributed by atoms with Gasteiger partial charge in [0, 0.05) is 30.5 Å². The van der Waals surface area contributed by atoms with Gasteiger partial charge in [0.2, 0.25) is 0 Å². The minimum Gasteiger partial charge on any atom is -0.387 e. The first-order valence-electron chi connectivity index (χ1n) is 6.17. The number of aliphatic hydroxyl groups is 1. The Morgan fingerprint density at radius 3 is 2.88 bits per heavy atom. The topological polar surface area (TPSA) is 45.1 Å². The molecule has 0 aliphatic heterocycles. The highest BCUT2D eigenvalue weighted by Gasteiger charge is 2.14. The molecule has 0 saturated heterocycles. The van der Waals surface area contributed by atoms with Crippen LogP contribution in [0.2, 0.25) is 0 Å². The molecule has 1 saturated carbocycles. The zero-order chi connectivity index (χ0) is 11.2. The summed E-state index contributed by atoms with van der Waals surface area (Å²) in [6.07, 6.45) is 9.53. The highest BCUT2D eigenvalue weighted by Crippen LogP contribution is 2.18. The van der Waals surface area contributed by atoms with Crippen LogP contribution >= 0.6 is 0 Å². The summed E-state index contributed by atoms with van der Waals surface area (Å²) in [7, 11) is 0. The fraction of sp³-hybridized carbons (Fsp3) is 0.615. The third-order valence-electron chi connectivity index (χ3n) is 3.27. The minimum absolute atomic E-state index is 0.435. The van der Waals surface area contributed by atoms with E-state index in [-0.39, 0.29) is 0 Å². The van der Waals surface area contributed by atoms with Crippen LogP contribution in [0, 0.1) is 0 Å². The summed E-state index contributed by atoms with van der Waals surface area (Å²) in [6.45, 7) is 0.635. The lowest BCUT2D eigenvalue weighted by Crippen LogP contribution is -2.34. The second-order valence-corrected chi connectivity index (χ2v) is 4.55. The van der Waals surface area contributed by atoms with Gasteiger partial charge in [-0.15, -0.1) is 0 Å². The maximum atomic E-state index is 9.95. The second-order valence-electron chi connectivity index (χ2n) is 4.55. The first-order valence-corrected chi connectivity index (χ1v) is 6.17. The van der Waals surface area contributed by atoms with Crippen LogP contribution in [0.3, 0.4) is 0 Å². The van der Waals surface area contributed by atoms with Crippen LogP contribution in [0.4, 0.5) is 0 Å². The summed E-state index contributed by atoms with van der Waals surface area (Å²) in [5.74, 6) is 0. The van der Waals surface area contributed by atoms with Crippen molar-refractivity contribution in [3.8, 4) is 0 Å². The molecule has 0 spiro atoms. The first kappa shape index (κ1) is 11.6. The molecule has 1 aliphatic carbocycles. The van der Waals surface area contributed by atoms with E-state index in [0.717, 1.165) is 5.56 Å². The Hall–Kier alpha value is -0.930. The zero-order valence-electron chi connectivity index (χ0n) is 9.60. The maximum absolute atomic E-state index is 9.95. The molecular formula is C13H20N2O. The predicted molar refractivity (Wildman–Crippen MR) is 64.1 cm³/mol. The number of hydrogen-bond donors (Lipinski definition) is 2. The Morgan fingerprint density at radius 1 is 1.38 bits per heavy atom. The van der Waals surface area contributed by atoms with Gasteiger partial charge >= 0.3 is 0 Å². The molecule has 1 aliphatic rings. The number of aliphatic hydroxyl groups excluding tert-OH is 1. The average molecular weight is 220 g/mol. The summed E-state index contributed by atoms with van der Waals surface area (Å²) in [5.41, 5.74) is 0.894. The van der Waals surface area contributed by atoms with E-state index in [1.807, 2.05) is 12.1 Å². The Balaban J connectivity index is 1.77. The molecule has 1 heterocycles. The molecular weight excluding hydrogens is 200 g/mol. The number of rotatable bonds is 4. The van der Waals surface area contributed by atoms with E-state index in [1.165, 1.54) is 32.1 Å². The molecule has 2 rings (SSSR count). The molecule has 88 valence electrons. The van der Waals surface area contributed by atoms with Crippen molar-refractivity contribution in [3.05, 3.63) is 30.1 Å². The standard InChI is InChI=1S/C13H20N2O/c16-13(11-5-4-8-14-9-11)10-15-12-6-2-1-3-7-12/h4-5,8-9,12-13,15-16H,1-3,6-7,10H2. The van der Waals surface area contributed by atoms with Gasteiger partial charge in [-0.25, -0.2) is 0 Å². The van der Waals surface area contributed by atoms with Crippen molar-refractivity contribution in [1.29, 1.82) is 0 Å². The van der Waals surface area contributed by atoms with Crippen molar-refractivity contribution in [1.82, 2.24) is 10.3 Å². The van der Waals surface area contributed by atoms with Gasteiger partial charge in [0.15, 0.2) is 0 Å². The minimum atomic E-state index is -0.435. The molecule has 1 atom stereocenters. The van der Waals surface area contributed by atoms with Crippen molar-refractivity contribution in [2.75, 3.05) is 6.54 Å². The molecule has 16 heavy (non-hydrogen) atoms. The van der Waals surface area contributed by atoms with Crippen LogP contribution < -0.4 is 5.32 Å². The first-order chi connectivity index (χ1) is 7.86. The average Bonchev–Trinajstić information content (AvgIpc) is 2.38. The Morgan fingerprint density at radius 2 is 2.19 bits per heavy atom. The van der Waals surface area contributed by atoms with Gasteiger partial charge in [-0.05, 0) is 18.9 Å². The van der Waals surface area contributed by atoms with Crippen LogP contribution in [0.15, 0.2) is 24.5 Å². The molecule has 3 nitrogen and oxygen atoms in total. The van der Waals surface area contributed by atoms with Gasteiger partial charge in [0.1, 0.15) is 0 Å². The van der Waals surface area contributed by atoms with E-state index >= 15 is 0 Å². The summed E-state index contributed by atoms with van der Waals surface area (Å²) in [4.78, 5) is 4.01. The molecule has 0 amide bonds. The van der Waals surface area contributed by atoms with E-state index in [0.29, 0.717) is 12.6 Å². The molecule has 0 bridgehead atoms. The molecule has 3 heteroatoms. The molecule has 1 aromatic rings. The van der Waals surface area contributed by atoms with Gasteiger partial charge in [0.05, 0.1) is 6.10 Å². The van der Waals surface area contributed by atoms with Crippen LogP contribution in [0.25, 0.3) is 0 Å². The van der Waals surface area contributed by atoms with Crippen LogP contribution in [0.1, 0.15) is 43.8 Å². The molecule has 1 unspecified atom stereocenters. The lowest BCUT2D eigenvalue weighted by molar-refractivity contribution is 0.165. The van der Waals surface area contributed by atoms with Crippen molar-refractivity contribution in [2.45, 2.75) is 44.2 Å². The van der Waals surface area contributed by atoms with E-state index in [9.17, 15) is 5.11 Å². The predicted octanol–water partition coefficient (Wildman–Crippen LogP) is 2.04. The van der Waals surface area contributed by atoms with E-state index in [2.05, 4.69) is 10.3 Å². The lowest BCUT2D eigenvalue weighted by Gasteiger charge is -2.24. The fourth-order valence-electron chi connectivity index (χ4n) is 2.28. The Kier molecular flexibility index (Phi) is 4.31. The quantitative estimate of drug-likeness (QED) is 0.816. The summed E-state index contributed by atoms with van der Waals surface area (Å²) in [6, 6.07) is 4.37. The van der Waals surface area contributed by atoms with Crippen molar-refractivity contribution >= 4 is 0 Å². The second kappa shape index (κ2) is 5.97. The Labute approximate surface area is 96.9 Å². The highest BCUT2D eigenvalue weighted by molar-refractivity contribution is 5.12. The van der Waals surface area contributed by atoms with Crippen LogP contribution in [-0.4, -0.2) is 22.7 Å². The fourth-order valence-corrected chi connectivity index (χ4v) is 2.28. The van der Waals surface area contributed by atoms with Gasteiger partial charge < -0.3 is 10.4 Å². The Bertz CT molecular complexity index is 296. The lowest BCUT2D eigenvalue weighted by atomic mass is 9.95. The van der Waals surface area contributed by atoms with Gasteiger partial charge in [-0.3, -0.25) is 4.98 Å². The third-order valence-corrected chi connectivity index (χ3v) is 3.27. The molecule has 0 aromatic carbocycles. The number of aromatic nitrogens is 1. The van der Waals surface area contributed by atoms with E-state index in [4.69, 9.17) is 0 Å². The third kappa shape index (κ3) is 3.29. The molecule has 1 aromatic heterocycles. The number of nitrogens with one attached hydrogen (secondary N) is 1. The number of hydrogen-bond acceptors (Lipinski definition) is 3. The number of nitrogens with zero attached hydrogens (tertiary/aromatic N) is 1. The van der Waals surface area contributed by atoms with Crippen molar-refractivity contribution < 1.29 is 5.11 Å².